The average Bonchev–Trinajstić information content (AvgIpc) is 3.03. The molecule has 26 heavy (non-hydrogen) atoms. The molecule has 0 bridgehead atoms. The fourth-order valence-corrected chi connectivity index (χ4v) is 4.20. The molecule has 0 aliphatic carbocycles. The van der Waals surface area contributed by atoms with Crippen LogP contribution in [0.15, 0.2) is 53.4 Å². The lowest BCUT2D eigenvalue weighted by molar-refractivity contribution is -0.144. The second-order valence-corrected chi connectivity index (χ2v) is 8.58. The number of sulfonamides is 1. The predicted molar refractivity (Wildman–Crippen MR) is 100 cm³/mol. The van der Waals surface area contributed by atoms with E-state index in [9.17, 15) is 13.2 Å². The highest BCUT2D eigenvalue weighted by Gasteiger charge is 2.14. The lowest BCUT2D eigenvalue weighted by Crippen LogP contribution is -2.26. The van der Waals surface area contributed by atoms with Gasteiger partial charge in [-0.1, -0.05) is 29.8 Å². The van der Waals surface area contributed by atoms with Gasteiger partial charge in [0.25, 0.3) is 0 Å². The third-order valence-corrected chi connectivity index (χ3v) is 6.13. The summed E-state index contributed by atoms with van der Waals surface area (Å²) in [5.41, 5.74) is 1.84. The molecule has 1 aromatic heterocycles. The summed E-state index contributed by atoms with van der Waals surface area (Å²) in [5, 5.41) is 0.708. The molecule has 3 rings (SSSR count). The summed E-state index contributed by atoms with van der Waals surface area (Å²) in [6.45, 7) is 1.95. The van der Waals surface area contributed by atoms with Crippen LogP contribution >= 0.6 is 11.3 Å². The largest absolute Gasteiger partial charge is 0.458 e. The van der Waals surface area contributed by atoms with E-state index in [0.717, 1.165) is 15.8 Å². The number of rotatable bonds is 7. The van der Waals surface area contributed by atoms with E-state index in [4.69, 9.17) is 4.74 Å². The number of fused-ring (bicyclic) bond motifs is 1. The maximum atomic E-state index is 12.1. The Hall–Kier alpha value is -2.29. The summed E-state index contributed by atoms with van der Waals surface area (Å²) in [4.78, 5) is 16.4. The van der Waals surface area contributed by atoms with Crippen LogP contribution in [-0.2, 0) is 26.2 Å². The van der Waals surface area contributed by atoms with Gasteiger partial charge in [0, 0.05) is 6.54 Å². The first-order valence-corrected chi connectivity index (χ1v) is 10.3. The Morgan fingerprint density at radius 3 is 2.62 bits per heavy atom. The van der Waals surface area contributed by atoms with Gasteiger partial charge in [0.1, 0.15) is 11.6 Å². The fraction of sp³-hybridized carbons (Fsp3) is 0.222. The van der Waals surface area contributed by atoms with Gasteiger partial charge < -0.3 is 4.74 Å². The molecule has 0 spiro atoms. The van der Waals surface area contributed by atoms with Crippen LogP contribution in [0.4, 0.5) is 0 Å². The molecular weight excluding hydrogens is 372 g/mol. The van der Waals surface area contributed by atoms with Crippen LogP contribution in [0.25, 0.3) is 10.2 Å². The summed E-state index contributed by atoms with van der Waals surface area (Å²) < 4.78 is 32.9. The third-order valence-electron chi connectivity index (χ3n) is 3.65. The molecule has 2 aromatic carbocycles. The molecule has 0 saturated carbocycles. The highest BCUT2D eigenvalue weighted by Crippen LogP contribution is 2.22. The molecule has 0 unspecified atom stereocenters. The van der Waals surface area contributed by atoms with Crippen LogP contribution in [0, 0.1) is 6.92 Å². The molecule has 0 saturated heterocycles. The van der Waals surface area contributed by atoms with Crippen molar-refractivity contribution in [3.63, 3.8) is 0 Å². The molecule has 0 fully saturated rings. The zero-order chi connectivity index (χ0) is 18.6. The number of aryl methyl sites for hydroxylation is 1. The summed E-state index contributed by atoms with van der Waals surface area (Å²) in [6, 6.07) is 14.2. The first-order valence-electron chi connectivity index (χ1n) is 8.00. The van der Waals surface area contributed by atoms with E-state index in [0.29, 0.717) is 5.01 Å². The third kappa shape index (κ3) is 4.66. The van der Waals surface area contributed by atoms with Gasteiger partial charge in [0.2, 0.25) is 10.0 Å². The molecule has 8 heteroatoms. The Morgan fingerprint density at radius 1 is 1.15 bits per heavy atom. The quantitative estimate of drug-likeness (QED) is 0.627. The highest BCUT2D eigenvalue weighted by molar-refractivity contribution is 7.89. The van der Waals surface area contributed by atoms with E-state index >= 15 is 0 Å². The Morgan fingerprint density at radius 2 is 1.88 bits per heavy atom. The van der Waals surface area contributed by atoms with Crippen molar-refractivity contribution >= 4 is 37.5 Å². The number of hydrogen-bond acceptors (Lipinski definition) is 6. The lowest BCUT2D eigenvalue weighted by atomic mass is 10.2. The molecule has 0 aliphatic rings. The number of ether oxygens (including phenoxy) is 1. The van der Waals surface area contributed by atoms with Gasteiger partial charge in [0.15, 0.2) is 0 Å². The standard InChI is InChI=1S/C18H18N2O4S2/c1-13-6-8-14(9-7-13)26(22,23)19-11-10-18(21)24-12-17-20-15-4-2-3-5-16(15)25-17/h2-9,19H,10-12H2,1H3. The monoisotopic (exact) mass is 390 g/mol. The Bertz CT molecular complexity index is 978. The molecule has 6 nitrogen and oxygen atoms in total. The number of aromatic nitrogens is 1. The number of carbonyl (C=O) groups excluding carboxylic acids is 1. The lowest BCUT2D eigenvalue weighted by Gasteiger charge is -2.07. The van der Waals surface area contributed by atoms with Crippen LogP contribution in [-0.4, -0.2) is 25.9 Å². The van der Waals surface area contributed by atoms with E-state index in [1.54, 1.807) is 12.1 Å². The molecule has 0 aliphatic heterocycles. The van der Waals surface area contributed by atoms with Crippen LogP contribution in [0.5, 0.6) is 0 Å². The zero-order valence-electron chi connectivity index (χ0n) is 14.1. The molecule has 1 heterocycles. The van der Waals surface area contributed by atoms with E-state index < -0.39 is 16.0 Å². The van der Waals surface area contributed by atoms with Gasteiger partial charge in [0.05, 0.1) is 21.5 Å². The first kappa shape index (κ1) is 18.5. The number of hydrogen-bond donors (Lipinski definition) is 1. The van der Waals surface area contributed by atoms with Crippen molar-refractivity contribution in [3.05, 3.63) is 59.1 Å². The second kappa shape index (κ2) is 7.94. The molecule has 0 atom stereocenters. The van der Waals surface area contributed by atoms with Crippen molar-refractivity contribution in [2.24, 2.45) is 0 Å². The number of benzene rings is 2. The van der Waals surface area contributed by atoms with E-state index in [2.05, 4.69) is 9.71 Å². The minimum Gasteiger partial charge on any atom is -0.458 e. The zero-order valence-corrected chi connectivity index (χ0v) is 15.8. The number of esters is 1. The van der Waals surface area contributed by atoms with E-state index in [-0.39, 0.29) is 24.5 Å². The number of nitrogens with one attached hydrogen (secondary N) is 1. The van der Waals surface area contributed by atoms with Crippen molar-refractivity contribution < 1.29 is 17.9 Å². The Balaban J connectivity index is 1.47. The maximum absolute atomic E-state index is 12.1. The second-order valence-electron chi connectivity index (χ2n) is 5.70. The summed E-state index contributed by atoms with van der Waals surface area (Å²) in [6.07, 6.45) is -0.0456. The van der Waals surface area contributed by atoms with Gasteiger partial charge in [-0.15, -0.1) is 11.3 Å². The normalized spacial score (nSPS) is 11.6. The highest BCUT2D eigenvalue weighted by atomic mass is 32.2. The number of carbonyl (C=O) groups is 1. The maximum Gasteiger partial charge on any atom is 0.307 e. The van der Waals surface area contributed by atoms with Gasteiger partial charge in [-0.2, -0.15) is 0 Å². The van der Waals surface area contributed by atoms with Crippen molar-refractivity contribution in [1.82, 2.24) is 9.71 Å². The summed E-state index contributed by atoms with van der Waals surface area (Å²) >= 11 is 1.47. The molecular formula is C18H18N2O4S2. The number of thiazole rings is 1. The van der Waals surface area contributed by atoms with E-state index in [1.165, 1.54) is 23.5 Å². The molecule has 3 aromatic rings. The average molecular weight is 390 g/mol. The van der Waals surface area contributed by atoms with Crippen molar-refractivity contribution in [2.45, 2.75) is 24.8 Å². The van der Waals surface area contributed by atoms with Gasteiger partial charge in [-0.25, -0.2) is 18.1 Å². The van der Waals surface area contributed by atoms with Crippen LogP contribution < -0.4 is 4.72 Å². The predicted octanol–water partition coefficient (Wildman–Crippen LogP) is 3.02. The first-order chi connectivity index (χ1) is 12.4. The SMILES string of the molecule is Cc1ccc(S(=O)(=O)NCCC(=O)OCc2nc3ccccc3s2)cc1. The van der Waals surface area contributed by atoms with Crippen LogP contribution in [0.1, 0.15) is 17.0 Å². The Kier molecular flexibility index (Phi) is 5.65. The minimum absolute atomic E-state index is 0.0190. The molecule has 0 radical (unpaired) electrons. The van der Waals surface area contributed by atoms with Gasteiger partial charge in [-0.3, -0.25) is 4.79 Å². The molecule has 1 N–H and O–H groups in total. The summed E-state index contributed by atoms with van der Waals surface area (Å²) in [7, 11) is -3.63. The summed E-state index contributed by atoms with van der Waals surface area (Å²) in [5.74, 6) is -0.476. The number of nitrogens with zero attached hydrogens (tertiary/aromatic N) is 1. The van der Waals surface area contributed by atoms with E-state index in [1.807, 2.05) is 31.2 Å². The van der Waals surface area contributed by atoms with Crippen molar-refractivity contribution in [1.29, 1.82) is 0 Å². The van der Waals surface area contributed by atoms with Crippen LogP contribution in [0.3, 0.4) is 0 Å². The van der Waals surface area contributed by atoms with Crippen molar-refractivity contribution in [3.8, 4) is 0 Å². The number of para-hydroxylation sites is 1. The fourth-order valence-electron chi connectivity index (χ4n) is 2.28. The van der Waals surface area contributed by atoms with Crippen molar-refractivity contribution in [2.75, 3.05) is 6.54 Å². The molecule has 0 amide bonds. The topological polar surface area (TPSA) is 85.4 Å². The smallest absolute Gasteiger partial charge is 0.307 e. The van der Waals surface area contributed by atoms with Gasteiger partial charge >= 0.3 is 5.97 Å². The van der Waals surface area contributed by atoms with Gasteiger partial charge in [-0.05, 0) is 31.2 Å². The van der Waals surface area contributed by atoms with Crippen LogP contribution in [0.2, 0.25) is 0 Å². The Labute approximate surface area is 155 Å². The minimum atomic E-state index is -3.63. The molecule has 136 valence electrons.